The first-order chi connectivity index (χ1) is 17.1. The first kappa shape index (κ1) is 29.4. The first-order valence-corrected chi connectivity index (χ1v) is 15.1. The van der Waals surface area contributed by atoms with Crippen LogP contribution in [0.5, 0.6) is 0 Å². The molecule has 1 heterocycles. The second kappa shape index (κ2) is 11.7. The number of sulfonamides is 1. The quantitative estimate of drug-likeness (QED) is 0.543. The average Bonchev–Trinajstić information content (AvgIpc) is 2.76. The van der Waals surface area contributed by atoms with Crippen LogP contribution in [0.15, 0.2) is 30.3 Å². The third-order valence-corrected chi connectivity index (χ3v) is 8.91. The van der Waals surface area contributed by atoms with Gasteiger partial charge in [-0.1, -0.05) is 49.6 Å². The molecule has 0 aromatic heterocycles. The van der Waals surface area contributed by atoms with Gasteiger partial charge in [-0.2, -0.15) is 4.31 Å². The molecule has 2 aliphatic rings. The minimum atomic E-state index is -3.89. The van der Waals surface area contributed by atoms with Gasteiger partial charge in [-0.3, -0.25) is 4.79 Å². The summed E-state index contributed by atoms with van der Waals surface area (Å²) >= 11 is 0. The predicted octanol–water partition coefficient (Wildman–Crippen LogP) is 4.25. The summed E-state index contributed by atoms with van der Waals surface area (Å²) in [5.74, 6) is 0.0574. The molecule has 208 valence electrons. The van der Waals surface area contributed by atoms with Gasteiger partial charge in [0.2, 0.25) is 15.9 Å². The largest absolute Gasteiger partial charge is 0.444 e. The summed E-state index contributed by atoms with van der Waals surface area (Å²) in [6.45, 7) is 11.3. The number of piperidine rings is 1. The van der Waals surface area contributed by atoms with E-state index in [1.807, 2.05) is 51.1 Å². The number of alkyl carbamates (subject to hydrolysis) is 1. The minimum Gasteiger partial charge on any atom is -0.444 e. The summed E-state index contributed by atoms with van der Waals surface area (Å²) in [6, 6.07) is 8.01. The first-order valence-electron chi connectivity index (χ1n) is 13.5. The van der Waals surface area contributed by atoms with Crippen molar-refractivity contribution in [3.8, 4) is 0 Å². The van der Waals surface area contributed by atoms with E-state index in [1.54, 1.807) is 20.8 Å². The number of rotatable bonds is 7. The van der Waals surface area contributed by atoms with Crippen molar-refractivity contribution in [1.29, 1.82) is 0 Å². The maximum atomic E-state index is 14.0. The molecule has 0 unspecified atom stereocenters. The van der Waals surface area contributed by atoms with E-state index in [0.717, 1.165) is 31.2 Å². The summed E-state index contributed by atoms with van der Waals surface area (Å²) in [5.41, 5.74) is -0.268. The molecule has 0 radical (unpaired) electrons. The Balaban J connectivity index is 1.86. The molecule has 1 saturated heterocycles. The summed E-state index contributed by atoms with van der Waals surface area (Å²) < 4.78 is 34.8. The van der Waals surface area contributed by atoms with Crippen molar-refractivity contribution in [1.82, 2.24) is 14.9 Å². The molecular weight excluding hydrogens is 490 g/mol. The molecule has 0 spiro atoms. The Morgan fingerprint density at radius 1 is 1.03 bits per heavy atom. The molecular formula is C28H45N3O5S. The second-order valence-corrected chi connectivity index (χ2v) is 14.6. The Kier molecular flexibility index (Phi) is 9.32. The van der Waals surface area contributed by atoms with Crippen molar-refractivity contribution in [2.45, 2.75) is 103 Å². The standard InChI is InChI=1S/C28H45N3O5S/c1-27(2,3)30-25(32)24-17-21-14-10-11-15-22(21)18-31(24)37(34,35)19-23(16-20-12-8-7-9-13-20)29-26(33)36-28(4,5)6/h7-9,12-13,21-24H,10-11,14-19H2,1-6H3,(H,29,33)(H,30,32)/t21-,22+,23-,24-/m0/s1. The van der Waals surface area contributed by atoms with Crippen molar-refractivity contribution in [3.05, 3.63) is 35.9 Å². The zero-order chi connectivity index (χ0) is 27.4. The number of nitrogens with zero attached hydrogens (tertiary/aromatic N) is 1. The third kappa shape index (κ3) is 8.99. The highest BCUT2D eigenvalue weighted by Crippen LogP contribution is 2.40. The number of fused-ring (bicyclic) bond motifs is 1. The fourth-order valence-corrected chi connectivity index (χ4v) is 7.36. The lowest BCUT2D eigenvalue weighted by molar-refractivity contribution is -0.128. The summed E-state index contributed by atoms with van der Waals surface area (Å²) in [5, 5.41) is 5.79. The highest BCUT2D eigenvalue weighted by molar-refractivity contribution is 7.89. The normalized spacial score (nSPS) is 24.0. The highest BCUT2D eigenvalue weighted by Gasteiger charge is 2.45. The summed E-state index contributed by atoms with van der Waals surface area (Å²) in [6.07, 6.45) is 4.44. The van der Waals surface area contributed by atoms with Gasteiger partial charge in [-0.15, -0.1) is 0 Å². The molecule has 2 N–H and O–H groups in total. The molecule has 37 heavy (non-hydrogen) atoms. The lowest BCUT2D eigenvalue weighted by atomic mass is 9.73. The van der Waals surface area contributed by atoms with Crippen molar-refractivity contribution in [2.24, 2.45) is 11.8 Å². The maximum absolute atomic E-state index is 14.0. The fourth-order valence-electron chi connectivity index (χ4n) is 5.47. The van der Waals surface area contributed by atoms with Crippen LogP contribution in [-0.2, 0) is 26.0 Å². The second-order valence-electron chi connectivity index (χ2n) is 12.7. The van der Waals surface area contributed by atoms with Gasteiger partial charge in [0.15, 0.2) is 0 Å². The maximum Gasteiger partial charge on any atom is 0.407 e. The number of hydrogen-bond donors (Lipinski definition) is 2. The lowest BCUT2D eigenvalue weighted by Crippen LogP contribution is -2.60. The van der Waals surface area contributed by atoms with Crippen LogP contribution in [-0.4, -0.2) is 60.2 Å². The van der Waals surface area contributed by atoms with Crippen LogP contribution in [0.25, 0.3) is 0 Å². The van der Waals surface area contributed by atoms with E-state index in [0.29, 0.717) is 25.3 Å². The molecule has 8 nitrogen and oxygen atoms in total. The number of nitrogens with one attached hydrogen (secondary N) is 2. The SMILES string of the molecule is CC(C)(C)NC(=O)[C@@H]1C[C@@H]2CCCC[C@@H]2CN1S(=O)(=O)C[C@H](Cc1ccccc1)NC(=O)OC(C)(C)C. The Bertz CT molecular complexity index is 1030. The van der Waals surface area contributed by atoms with Crippen molar-refractivity contribution < 1.29 is 22.7 Å². The lowest BCUT2D eigenvalue weighted by Gasteiger charge is -2.45. The van der Waals surface area contributed by atoms with Gasteiger partial charge in [-0.25, -0.2) is 13.2 Å². The Morgan fingerprint density at radius 2 is 1.65 bits per heavy atom. The number of carbonyl (C=O) groups is 2. The summed E-state index contributed by atoms with van der Waals surface area (Å²) in [4.78, 5) is 26.0. The highest BCUT2D eigenvalue weighted by atomic mass is 32.2. The van der Waals surface area contributed by atoms with Gasteiger partial charge >= 0.3 is 6.09 Å². The van der Waals surface area contributed by atoms with E-state index in [2.05, 4.69) is 10.6 Å². The Labute approximate surface area is 223 Å². The van der Waals surface area contributed by atoms with Gasteiger partial charge in [0.1, 0.15) is 11.6 Å². The smallest absolute Gasteiger partial charge is 0.407 e. The number of benzene rings is 1. The van der Waals surface area contributed by atoms with Gasteiger partial charge in [-0.05, 0) is 78.2 Å². The van der Waals surface area contributed by atoms with E-state index >= 15 is 0 Å². The number of amides is 2. The van der Waals surface area contributed by atoms with Crippen LogP contribution in [0, 0.1) is 11.8 Å². The zero-order valence-electron chi connectivity index (χ0n) is 23.2. The van der Waals surface area contributed by atoms with Gasteiger partial charge in [0, 0.05) is 12.1 Å². The molecule has 2 amide bonds. The summed E-state index contributed by atoms with van der Waals surface area (Å²) in [7, 11) is -3.89. The Morgan fingerprint density at radius 3 is 2.24 bits per heavy atom. The molecule has 9 heteroatoms. The van der Waals surface area contributed by atoms with Crippen LogP contribution in [0.2, 0.25) is 0 Å². The van der Waals surface area contributed by atoms with Crippen LogP contribution in [0.1, 0.15) is 79.2 Å². The van der Waals surface area contributed by atoms with Crippen molar-refractivity contribution in [3.63, 3.8) is 0 Å². The fraction of sp³-hybridized carbons (Fsp3) is 0.714. The molecule has 1 aliphatic carbocycles. The monoisotopic (exact) mass is 535 g/mol. The molecule has 1 aromatic carbocycles. The predicted molar refractivity (Wildman–Crippen MR) is 146 cm³/mol. The van der Waals surface area contributed by atoms with Crippen molar-refractivity contribution >= 4 is 22.0 Å². The minimum absolute atomic E-state index is 0.250. The van der Waals surface area contributed by atoms with Gasteiger partial charge in [0.25, 0.3) is 0 Å². The molecule has 4 atom stereocenters. The molecule has 3 rings (SSSR count). The molecule has 1 aliphatic heterocycles. The van der Waals surface area contributed by atoms with Crippen molar-refractivity contribution in [2.75, 3.05) is 12.3 Å². The zero-order valence-corrected chi connectivity index (χ0v) is 24.1. The number of carbonyl (C=O) groups excluding carboxylic acids is 2. The molecule has 2 fully saturated rings. The number of ether oxygens (including phenoxy) is 1. The van der Waals surface area contributed by atoms with Gasteiger partial charge < -0.3 is 15.4 Å². The average molecular weight is 536 g/mol. The van der Waals surface area contributed by atoms with E-state index < -0.39 is 39.3 Å². The van der Waals surface area contributed by atoms with E-state index in [4.69, 9.17) is 4.74 Å². The number of hydrogen-bond acceptors (Lipinski definition) is 5. The van der Waals surface area contributed by atoms with E-state index in [-0.39, 0.29) is 17.6 Å². The van der Waals surface area contributed by atoms with Gasteiger partial charge in [0.05, 0.1) is 11.8 Å². The van der Waals surface area contributed by atoms with E-state index in [1.165, 1.54) is 4.31 Å². The van der Waals surface area contributed by atoms with Crippen LogP contribution < -0.4 is 10.6 Å². The molecule has 0 bridgehead atoms. The van der Waals surface area contributed by atoms with E-state index in [9.17, 15) is 18.0 Å². The van der Waals surface area contributed by atoms with Crippen LogP contribution in [0.3, 0.4) is 0 Å². The molecule has 1 aromatic rings. The molecule has 1 saturated carbocycles. The Hall–Kier alpha value is -2.13. The van der Waals surface area contributed by atoms with Crippen LogP contribution >= 0.6 is 0 Å². The topological polar surface area (TPSA) is 105 Å². The van der Waals surface area contributed by atoms with Crippen LogP contribution in [0.4, 0.5) is 4.79 Å². The third-order valence-electron chi connectivity index (χ3n) is 6.97.